The minimum atomic E-state index is 0.581. The Bertz CT molecular complexity index is 3430. The van der Waals surface area contributed by atoms with Gasteiger partial charge in [0.15, 0.2) is 17.5 Å². The third kappa shape index (κ3) is 4.62. The summed E-state index contributed by atoms with van der Waals surface area (Å²) in [6, 6.07) is 56.6. The normalized spacial score (nSPS) is 12.0. The van der Waals surface area contributed by atoms with E-state index in [4.69, 9.17) is 23.8 Å². The van der Waals surface area contributed by atoms with Crippen LogP contribution in [0.5, 0.6) is 0 Å². The van der Waals surface area contributed by atoms with Crippen molar-refractivity contribution in [2.45, 2.75) is 0 Å². The van der Waals surface area contributed by atoms with E-state index in [0.717, 1.165) is 92.6 Å². The molecule has 256 valence electrons. The Balaban J connectivity index is 1.23. The second-order valence-electron chi connectivity index (χ2n) is 13.9. The fourth-order valence-corrected chi connectivity index (χ4v) is 9.41. The van der Waals surface area contributed by atoms with Gasteiger partial charge in [0.25, 0.3) is 0 Å². The Labute approximate surface area is 317 Å². The molecule has 12 rings (SSSR count). The van der Waals surface area contributed by atoms with Gasteiger partial charge in [-0.15, -0.1) is 11.3 Å². The summed E-state index contributed by atoms with van der Waals surface area (Å²) in [7, 11) is 0. The number of nitrogens with zero attached hydrogens (tertiary/aromatic N) is 3. The molecular weight excluding hydrogens is 695 g/mol. The summed E-state index contributed by atoms with van der Waals surface area (Å²) in [5.74, 6) is 1.80. The quantitative estimate of drug-likeness (QED) is 0.181. The van der Waals surface area contributed by atoms with Gasteiger partial charge in [-0.25, -0.2) is 15.0 Å². The van der Waals surface area contributed by atoms with E-state index in [2.05, 4.69) is 91.0 Å². The largest absolute Gasteiger partial charge is 0.455 e. The van der Waals surface area contributed by atoms with Crippen LogP contribution in [0.3, 0.4) is 0 Å². The van der Waals surface area contributed by atoms with Gasteiger partial charge in [0.05, 0.1) is 0 Å². The van der Waals surface area contributed by atoms with Crippen LogP contribution in [0, 0.1) is 0 Å². The number of thiophene rings is 1. The number of hydrogen-bond acceptors (Lipinski definition) is 6. The molecule has 12 aromatic rings. The molecule has 0 radical (unpaired) electrons. The van der Waals surface area contributed by atoms with Crippen LogP contribution in [0.4, 0.5) is 0 Å². The average molecular weight is 722 g/mol. The SMILES string of the molecule is c1ccc(-c2nc(-c3ccccc3)nc(-c3cc(-c4cc5c6ccccc6oc5c5c4sc4ccccc45)cc4oc5c6ccccc6ccc5c34)n2)cc1. The Morgan fingerprint density at radius 1 is 0.382 bits per heavy atom. The number of furan rings is 2. The van der Waals surface area contributed by atoms with Crippen molar-refractivity contribution in [2.24, 2.45) is 0 Å². The maximum absolute atomic E-state index is 6.95. The molecule has 0 saturated heterocycles. The first-order valence-electron chi connectivity index (χ1n) is 18.3. The van der Waals surface area contributed by atoms with Crippen LogP contribution in [-0.2, 0) is 0 Å². The van der Waals surface area contributed by atoms with Gasteiger partial charge in [-0.1, -0.05) is 127 Å². The van der Waals surface area contributed by atoms with E-state index in [1.54, 1.807) is 11.3 Å². The molecule has 0 spiro atoms. The highest BCUT2D eigenvalue weighted by molar-refractivity contribution is 7.26. The van der Waals surface area contributed by atoms with Crippen molar-refractivity contribution in [3.8, 4) is 45.3 Å². The Morgan fingerprint density at radius 2 is 1.02 bits per heavy atom. The molecule has 55 heavy (non-hydrogen) atoms. The van der Waals surface area contributed by atoms with Gasteiger partial charge in [0, 0.05) is 69.4 Å². The van der Waals surface area contributed by atoms with Crippen LogP contribution in [0.1, 0.15) is 0 Å². The summed E-state index contributed by atoms with van der Waals surface area (Å²) in [6.07, 6.45) is 0. The van der Waals surface area contributed by atoms with Gasteiger partial charge in [-0.2, -0.15) is 0 Å². The third-order valence-corrected chi connectivity index (χ3v) is 11.9. The Kier molecular flexibility index (Phi) is 6.44. The van der Waals surface area contributed by atoms with Crippen LogP contribution >= 0.6 is 11.3 Å². The fraction of sp³-hybridized carbons (Fsp3) is 0. The lowest BCUT2D eigenvalue weighted by molar-refractivity contribution is 0.673. The standard InChI is InChI=1S/C49H27N3O2S/c1-3-14-29(15-4-1)47-50-48(30-16-5-2-6-17-30)52-49(51-47)38-25-31(26-40-42(38)35-24-23-28-13-7-8-18-32(28)44(35)54-40)36-27-37-33-19-9-11-21-39(33)53-45(37)43-34-20-10-12-22-41(34)55-46(36)43/h1-27H. The monoisotopic (exact) mass is 721 g/mol. The Hall–Kier alpha value is -7.15. The lowest BCUT2D eigenvalue weighted by Crippen LogP contribution is -2.00. The predicted octanol–water partition coefficient (Wildman–Crippen LogP) is 13.9. The van der Waals surface area contributed by atoms with Crippen molar-refractivity contribution < 1.29 is 8.83 Å². The lowest BCUT2D eigenvalue weighted by atomic mass is 9.95. The zero-order valence-electron chi connectivity index (χ0n) is 29.2. The van der Waals surface area contributed by atoms with Crippen LogP contribution in [0.15, 0.2) is 173 Å². The molecule has 6 heteroatoms. The van der Waals surface area contributed by atoms with Crippen molar-refractivity contribution in [1.82, 2.24) is 15.0 Å². The van der Waals surface area contributed by atoms with Gasteiger partial charge in [-0.05, 0) is 47.3 Å². The highest BCUT2D eigenvalue weighted by Gasteiger charge is 2.24. The summed E-state index contributed by atoms with van der Waals surface area (Å²) in [5.41, 5.74) is 8.23. The highest BCUT2D eigenvalue weighted by Crippen LogP contribution is 2.49. The van der Waals surface area contributed by atoms with E-state index >= 15 is 0 Å². The summed E-state index contributed by atoms with van der Waals surface area (Å²) in [6.45, 7) is 0. The second kappa shape index (κ2) is 11.7. The molecular formula is C49H27N3O2S. The first-order chi connectivity index (χ1) is 27.2. The van der Waals surface area contributed by atoms with Crippen molar-refractivity contribution in [1.29, 1.82) is 0 Å². The van der Waals surface area contributed by atoms with E-state index in [9.17, 15) is 0 Å². The van der Waals surface area contributed by atoms with Crippen molar-refractivity contribution in [3.05, 3.63) is 164 Å². The molecule has 0 saturated carbocycles. The van der Waals surface area contributed by atoms with E-state index in [1.807, 2.05) is 72.8 Å². The van der Waals surface area contributed by atoms with Crippen molar-refractivity contribution >= 4 is 86.2 Å². The zero-order chi connectivity index (χ0) is 36.0. The lowest BCUT2D eigenvalue weighted by Gasteiger charge is -2.12. The molecule has 0 N–H and O–H groups in total. The first kappa shape index (κ1) is 30.3. The predicted molar refractivity (Wildman–Crippen MR) is 227 cm³/mol. The molecule has 4 heterocycles. The van der Waals surface area contributed by atoms with E-state index in [1.165, 1.54) is 10.1 Å². The minimum Gasteiger partial charge on any atom is -0.455 e. The van der Waals surface area contributed by atoms with Gasteiger partial charge in [-0.3, -0.25) is 0 Å². The first-order valence-corrected chi connectivity index (χ1v) is 19.1. The summed E-state index contributed by atoms with van der Waals surface area (Å²) < 4.78 is 16.0. The molecule has 8 aromatic carbocycles. The Morgan fingerprint density at radius 3 is 1.80 bits per heavy atom. The third-order valence-electron chi connectivity index (χ3n) is 10.7. The molecule has 4 aromatic heterocycles. The van der Waals surface area contributed by atoms with Crippen LogP contribution in [0.2, 0.25) is 0 Å². The number of para-hydroxylation sites is 1. The number of benzene rings is 8. The molecule has 0 aliphatic rings. The topological polar surface area (TPSA) is 65.0 Å². The molecule has 0 amide bonds. The zero-order valence-corrected chi connectivity index (χ0v) is 30.0. The van der Waals surface area contributed by atoms with E-state index in [-0.39, 0.29) is 0 Å². The van der Waals surface area contributed by atoms with E-state index < -0.39 is 0 Å². The molecule has 0 aliphatic carbocycles. The van der Waals surface area contributed by atoms with Gasteiger partial charge < -0.3 is 8.83 Å². The highest BCUT2D eigenvalue weighted by atomic mass is 32.1. The fourth-order valence-electron chi connectivity index (χ4n) is 8.17. The van der Waals surface area contributed by atoms with Gasteiger partial charge in [0.2, 0.25) is 0 Å². The summed E-state index contributed by atoms with van der Waals surface area (Å²) in [5, 5.41) is 8.65. The second-order valence-corrected chi connectivity index (χ2v) is 15.0. The van der Waals surface area contributed by atoms with Crippen LogP contribution in [0.25, 0.3) is 120 Å². The molecule has 0 fully saturated rings. The molecule has 0 aliphatic heterocycles. The maximum atomic E-state index is 6.95. The summed E-state index contributed by atoms with van der Waals surface area (Å²) in [4.78, 5) is 15.5. The number of hydrogen-bond donors (Lipinski definition) is 0. The maximum Gasteiger partial charge on any atom is 0.164 e. The van der Waals surface area contributed by atoms with Crippen molar-refractivity contribution in [2.75, 3.05) is 0 Å². The number of aromatic nitrogens is 3. The molecule has 0 atom stereocenters. The van der Waals surface area contributed by atoms with Gasteiger partial charge >= 0.3 is 0 Å². The molecule has 5 nitrogen and oxygen atoms in total. The molecule has 0 unspecified atom stereocenters. The van der Waals surface area contributed by atoms with Crippen LogP contribution < -0.4 is 0 Å². The molecule has 0 bridgehead atoms. The number of fused-ring (bicyclic) bond motifs is 12. The smallest absolute Gasteiger partial charge is 0.164 e. The van der Waals surface area contributed by atoms with Gasteiger partial charge in [0.1, 0.15) is 22.3 Å². The number of rotatable bonds is 4. The summed E-state index contributed by atoms with van der Waals surface area (Å²) >= 11 is 1.79. The average Bonchev–Trinajstić information content (AvgIpc) is 3.95. The van der Waals surface area contributed by atoms with Crippen LogP contribution in [-0.4, -0.2) is 15.0 Å². The van der Waals surface area contributed by atoms with Crippen molar-refractivity contribution in [3.63, 3.8) is 0 Å². The minimum absolute atomic E-state index is 0.581. The van der Waals surface area contributed by atoms with E-state index in [0.29, 0.717) is 17.5 Å².